The van der Waals surface area contributed by atoms with Crippen molar-refractivity contribution in [1.29, 1.82) is 0 Å². The van der Waals surface area contributed by atoms with Gasteiger partial charge in [-0.25, -0.2) is 0 Å². The predicted molar refractivity (Wildman–Crippen MR) is 103 cm³/mol. The maximum atomic E-state index is 12.7. The molecule has 3 atom stereocenters. The van der Waals surface area contributed by atoms with E-state index in [4.69, 9.17) is 23.2 Å². The molecule has 0 saturated carbocycles. The summed E-state index contributed by atoms with van der Waals surface area (Å²) < 4.78 is 0. The molecule has 2 aliphatic heterocycles. The Hall–Kier alpha value is -1.01. The lowest BCUT2D eigenvalue weighted by Gasteiger charge is -2.30. The molecule has 0 aromatic heterocycles. The molecule has 2 saturated heterocycles. The van der Waals surface area contributed by atoms with Crippen LogP contribution >= 0.6 is 35.6 Å². The molecule has 3 unspecified atom stereocenters. The van der Waals surface area contributed by atoms with Crippen LogP contribution in [0.2, 0.25) is 10.0 Å². The van der Waals surface area contributed by atoms with Crippen molar-refractivity contribution in [2.45, 2.75) is 25.8 Å². The number of piperidine rings is 1. The van der Waals surface area contributed by atoms with Gasteiger partial charge < -0.3 is 15.5 Å². The van der Waals surface area contributed by atoms with Crippen molar-refractivity contribution in [3.8, 4) is 0 Å². The van der Waals surface area contributed by atoms with Crippen LogP contribution < -0.4 is 15.5 Å². The van der Waals surface area contributed by atoms with Crippen molar-refractivity contribution >= 4 is 53.1 Å². The van der Waals surface area contributed by atoms with E-state index in [9.17, 15) is 9.59 Å². The number of nitrogens with one attached hydrogen (secondary N) is 2. The second-order valence-corrected chi connectivity index (χ2v) is 7.36. The lowest BCUT2D eigenvalue weighted by molar-refractivity contribution is -0.132. The minimum absolute atomic E-state index is 0. The van der Waals surface area contributed by atoms with Crippen LogP contribution in [0.3, 0.4) is 0 Å². The van der Waals surface area contributed by atoms with Gasteiger partial charge in [-0.3, -0.25) is 9.59 Å². The van der Waals surface area contributed by atoms with Gasteiger partial charge in [-0.15, -0.1) is 12.4 Å². The van der Waals surface area contributed by atoms with Crippen LogP contribution in [0.25, 0.3) is 0 Å². The summed E-state index contributed by atoms with van der Waals surface area (Å²) in [7, 11) is 0. The largest absolute Gasteiger partial charge is 0.351 e. The molecule has 1 aromatic rings. The van der Waals surface area contributed by atoms with E-state index < -0.39 is 5.92 Å². The smallest absolute Gasteiger partial charge is 0.239 e. The van der Waals surface area contributed by atoms with Crippen molar-refractivity contribution in [1.82, 2.24) is 10.6 Å². The molecule has 3 rings (SSSR count). The summed E-state index contributed by atoms with van der Waals surface area (Å²) in [4.78, 5) is 26.8. The summed E-state index contributed by atoms with van der Waals surface area (Å²) in [5, 5.41) is 7.28. The molecular formula is C17H22Cl3N3O2. The summed E-state index contributed by atoms with van der Waals surface area (Å²) in [6, 6.07) is 5.07. The zero-order chi connectivity index (χ0) is 17.3. The normalized spacial score (nSPS) is 26.3. The first-order chi connectivity index (χ1) is 11.5. The average Bonchev–Trinajstić information content (AvgIpc) is 2.93. The van der Waals surface area contributed by atoms with Crippen LogP contribution in [-0.2, 0) is 9.59 Å². The van der Waals surface area contributed by atoms with Crippen molar-refractivity contribution in [3.63, 3.8) is 0 Å². The number of hydrogen-bond acceptors (Lipinski definition) is 3. The average molecular weight is 407 g/mol. The quantitative estimate of drug-likeness (QED) is 0.759. The minimum Gasteiger partial charge on any atom is -0.351 e. The Labute approximate surface area is 163 Å². The fourth-order valence-corrected chi connectivity index (χ4v) is 3.71. The number of halogens is 3. The van der Waals surface area contributed by atoms with E-state index >= 15 is 0 Å². The molecule has 2 N–H and O–H groups in total. The van der Waals surface area contributed by atoms with Gasteiger partial charge in [0.25, 0.3) is 0 Å². The van der Waals surface area contributed by atoms with E-state index in [1.54, 1.807) is 23.1 Å². The number of carbonyl (C=O) groups is 2. The maximum absolute atomic E-state index is 12.7. The van der Waals surface area contributed by atoms with E-state index in [2.05, 4.69) is 17.6 Å². The molecule has 0 bridgehead atoms. The molecule has 8 heteroatoms. The zero-order valence-electron chi connectivity index (χ0n) is 13.9. The third kappa shape index (κ3) is 4.40. The van der Waals surface area contributed by atoms with Gasteiger partial charge in [-0.2, -0.15) is 0 Å². The summed E-state index contributed by atoms with van der Waals surface area (Å²) in [6.45, 7) is 4.31. The molecule has 0 aliphatic carbocycles. The number of anilines is 1. The molecule has 2 fully saturated rings. The summed E-state index contributed by atoms with van der Waals surface area (Å²) in [5.41, 5.74) is 0.567. The van der Waals surface area contributed by atoms with E-state index in [-0.39, 0.29) is 30.3 Å². The fraction of sp³-hybridized carbons (Fsp3) is 0.529. The monoisotopic (exact) mass is 405 g/mol. The highest BCUT2D eigenvalue weighted by atomic mass is 35.5. The minimum atomic E-state index is -0.658. The topological polar surface area (TPSA) is 61.4 Å². The molecule has 2 amide bonds. The van der Waals surface area contributed by atoms with Crippen LogP contribution in [0.4, 0.5) is 5.69 Å². The van der Waals surface area contributed by atoms with Crippen LogP contribution in [0.1, 0.15) is 19.8 Å². The van der Waals surface area contributed by atoms with Crippen LogP contribution in [-0.4, -0.2) is 37.5 Å². The fourth-order valence-electron chi connectivity index (χ4n) is 3.32. The molecule has 138 valence electrons. The van der Waals surface area contributed by atoms with E-state index in [1.165, 1.54) is 0 Å². The van der Waals surface area contributed by atoms with Gasteiger partial charge in [0.2, 0.25) is 11.8 Å². The van der Waals surface area contributed by atoms with Crippen LogP contribution in [0.15, 0.2) is 18.2 Å². The number of benzene rings is 1. The number of rotatable bonds is 3. The Kier molecular flexibility index (Phi) is 6.97. The van der Waals surface area contributed by atoms with Crippen LogP contribution in [0, 0.1) is 11.8 Å². The molecule has 5 nitrogen and oxygen atoms in total. The number of carbonyl (C=O) groups excluding carboxylic acids is 2. The highest BCUT2D eigenvalue weighted by Crippen LogP contribution is 2.33. The van der Waals surface area contributed by atoms with Crippen molar-refractivity contribution in [2.24, 2.45) is 11.8 Å². The third-order valence-electron chi connectivity index (χ3n) is 4.88. The van der Waals surface area contributed by atoms with Crippen molar-refractivity contribution in [3.05, 3.63) is 28.2 Å². The highest BCUT2D eigenvalue weighted by Gasteiger charge is 2.39. The van der Waals surface area contributed by atoms with Gasteiger partial charge in [-0.05, 0) is 43.5 Å². The number of hydrogen-bond donors (Lipinski definition) is 2. The van der Waals surface area contributed by atoms with Crippen molar-refractivity contribution < 1.29 is 9.59 Å². The van der Waals surface area contributed by atoms with Crippen LogP contribution in [0.5, 0.6) is 0 Å². The Morgan fingerprint density at radius 1 is 1.32 bits per heavy atom. The lowest BCUT2D eigenvalue weighted by atomic mass is 9.94. The zero-order valence-corrected chi connectivity index (χ0v) is 16.3. The Morgan fingerprint density at radius 2 is 2.08 bits per heavy atom. The number of nitrogens with zero attached hydrogens (tertiary/aromatic N) is 1. The second-order valence-electron chi connectivity index (χ2n) is 6.51. The molecule has 0 radical (unpaired) electrons. The number of amides is 2. The summed E-state index contributed by atoms with van der Waals surface area (Å²) >= 11 is 12.2. The predicted octanol–water partition coefficient (Wildman–Crippen LogP) is 2.88. The third-order valence-corrected chi connectivity index (χ3v) is 5.43. The molecule has 25 heavy (non-hydrogen) atoms. The highest BCUT2D eigenvalue weighted by molar-refractivity contribution is 6.36. The Morgan fingerprint density at radius 3 is 2.80 bits per heavy atom. The molecule has 2 heterocycles. The van der Waals surface area contributed by atoms with Gasteiger partial charge in [0.1, 0.15) is 5.92 Å². The first kappa shape index (κ1) is 20.3. The van der Waals surface area contributed by atoms with Gasteiger partial charge in [0.05, 0.1) is 10.7 Å². The lowest BCUT2D eigenvalue weighted by Crippen LogP contribution is -2.52. The molecule has 2 aliphatic rings. The van der Waals surface area contributed by atoms with Gasteiger partial charge in [0, 0.05) is 24.2 Å². The Bertz CT molecular complexity index is 656. The first-order valence-corrected chi connectivity index (χ1v) is 9.00. The summed E-state index contributed by atoms with van der Waals surface area (Å²) in [6.07, 6.45) is 1.51. The SMILES string of the molecule is CC1CCNCC1NC(=O)C1CCN(c2cc(Cl)ccc2Cl)C1=O.Cl. The standard InChI is InChI=1S/C17H21Cl2N3O2.ClH/c1-10-4-6-20-9-14(10)21-16(23)12-5-7-22(17(12)24)15-8-11(18)2-3-13(15)19;/h2-3,8,10,12,14,20H,4-7,9H2,1H3,(H,21,23);1H. The maximum Gasteiger partial charge on any atom is 0.239 e. The summed E-state index contributed by atoms with van der Waals surface area (Å²) in [5.74, 6) is -0.659. The van der Waals surface area contributed by atoms with Gasteiger partial charge in [-0.1, -0.05) is 30.1 Å². The molecule has 1 aromatic carbocycles. The van der Waals surface area contributed by atoms with Gasteiger partial charge >= 0.3 is 0 Å². The van der Waals surface area contributed by atoms with Gasteiger partial charge in [0.15, 0.2) is 0 Å². The first-order valence-electron chi connectivity index (χ1n) is 8.25. The molecule has 0 spiro atoms. The van der Waals surface area contributed by atoms with E-state index in [0.717, 1.165) is 19.5 Å². The van der Waals surface area contributed by atoms with Crippen molar-refractivity contribution in [2.75, 3.05) is 24.5 Å². The second kappa shape index (κ2) is 8.58. The van der Waals surface area contributed by atoms with E-state index in [0.29, 0.717) is 34.6 Å². The molecular weight excluding hydrogens is 385 g/mol. The van der Waals surface area contributed by atoms with E-state index in [1.807, 2.05) is 0 Å². The Balaban J connectivity index is 0.00000225.